The Morgan fingerprint density at radius 2 is 1.94 bits per heavy atom. The van der Waals surface area contributed by atoms with Crippen LogP contribution >= 0.6 is 11.6 Å². The van der Waals surface area contributed by atoms with Crippen molar-refractivity contribution in [1.82, 2.24) is 14.8 Å². The first-order valence-electron chi connectivity index (χ1n) is 12.1. The van der Waals surface area contributed by atoms with Crippen LogP contribution in [0, 0.1) is 6.92 Å². The summed E-state index contributed by atoms with van der Waals surface area (Å²) in [5.41, 5.74) is 6.71. The first kappa shape index (κ1) is 22.1. The molecule has 1 atom stereocenters. The van der Waals surface area contributed by atoms with E-state index in [1.54, 1.807) is 6.07 Å². The number of pyridine rings is 1. The van der Waals surface area contributed by atoms with Gasteiger partial charge in [0.25, 0.3) is 11.8 Å². The second kappa shape index (κ2) is 8.38. The molecule has 2 aromatic carbocycles. The van der Waals surface area contributed by atoms with Crippen molar-refractivity contribution >= 4 is 29.1 Å². The third-order valence-electron chi connectivity index (χ3n) is 7.71. The molecule has 0 bridgehead atoms. The fourth-order valence-corrected chi connectivity index (χ4v) is 5.91. The minimum absolute atomic E-state index is 0.0156. The van der Waals surface area contributed by atoms with Crippen molar-refractivity contribution in [2.24, 2.45) is 0 Å². The lowest BCUT2D eigenvalue weighted by molar-refractivity contribution is 0.0701. The quantitative estimate of drug-likeness (QED) is 0.538. The van der Waals surface area contributed by atoms with Crippen molar-refractivity contribution in [2.75, 3.05) is 25.0 Å². The predicted octanol–water partition coefficient (Wildman–Crippen LogP) is 4.65. The number of likely N-dealkylation sites (N-methyl/N-ethyl adjacent to an activating group) is 1. The number of fused-ring (bicyclic) bond motifs is 2. The van der Waals surface area contributed by atoms with E-state index in [1.807, 2.05) is 60.3 Å². The molecule has 1 aliphatic carbocycles. The van der Waals surface area contributed by atoms with Gasteiger partial charge in [-0.15, -0.1) is 0 Å². The Hall–Kier alpha value is -3.38. The third-order valence-corrected chi connectivity index (χ3v) is 8.02. The standard InChI is InChI=1S/C28H27ClN4O2/c1-17-12-21(10-11-30-17)32-15-22(16-32)31(2)27(34)19-7-6-18-8-9-25(23(18)13-19)33-14-20-4-3-5-24(29)26(20)28(33)35/h3-7,10-13,22,25H,8-9,14-16H2,1-2H3/t25-/m1/s1. The molecular weight excluding hydrogens is 460 g/mol. The molecule has 7 heteroatoms. The van der Waals surface area contributed by atoms with E-state index in [4.69, 9.17) is 11.6 Å². The van der Waals surface area contributed by atoms with E-state index in [9.17, 15) is 9.59 Å². The van der Waals surface area contributed by atoms with Crippen molar-refractivity contribution in [3.63, 3.8) is 0 Å². The number of carbonyl (C=O) groups is 2. The minimum Gasteiger partial charge on any atom is -0.367 e. The van der Waals surface area contributed by atoms with E-state index in [2.05, 4.69) is 22.0 Å². The Balaban J connectivity index is 1.18. The Labute approximate surface area is 210 Å². The van der Waals surface area contributed by atoms with Crippen molar-refractivity contribution in [1.29, 1.82) is 0 Å². The summed E-state index contributed by atoms with van der Waals surface area (Å²) in [5, 5.41) is 0.509. The Morgan fingerprint density at radius 1 is 1.11 bits per heavy atom. The van der Waals surface area contributed by atoms with Crippen molar-refractivity contribution < 1.29 is 9.59 Å². The van der Waals surface area contributed by atoms with Gasteiger partial charge in [-0.1, -0.05) is 29.8 Å². The van der Waals surface area contributed by atoms with Gasteiger partial charge in [0.1, 0.15) is 0 Å². The second-order valence-corrected chi connectivity index (χ2v) is 10.2. The number of benzene rings is 2. The summed E-state index contributed by atoms with van der Waals surface area (Å²) < 4.78 is 0. The Kier molecular flexibility index (Phi) is 5.29. The highest BCUT2D eigenvalue weighted by Crippen LogP contribution is 2.42. The molecule has 3 aromatic rings. The lowest BCUT2D eigenvalue weighted by atomic mass is 10.0. The van der Waals surface area contributed by atoms with Gasteiger partial charge in [-0.2, -0.15) is 0 Å². The number of aromatic nitrogens is 1. The molecule has 1 fully saturated rings. The average molecular weight is 487 g/mol. The highest BCUT2D eigenvalue weighted by atomic mass is 35.5. The first-order valence-corrected chi connectivity index (χ1v) is 12.4. The summed E-state index contributed by atoms with van der Waals surface area (Å²) in [7, 11) is 1.88. The number of carbonyl (C=O) groups excluding carboxylic acids is 2. The van der Waals surface area contributed by atoms with Crippen LogP contribution in [-0.2, 0) is 13.0 Å². The van der Waals surface area contributed by atoms with Crippen LogP contribution in [0.5, 0.6) is 0 Å². The van der Waals surface area contributed by atoms with Crippen LogP contribution in [0.4, 0.5) is 5.69 Å². The molecular formula is C28H27ClN4O2. The molecule has 0 saturated carbocycles. The third kappa shape index (κ3) is 3.67. The normalized spacial score (nSPS) is 18.9. The minimum atomic E-state index is -0.0341. The second-order valence-electron chi connectivity index (χ2n) is 9.81. The van der Waals surface area contributed by atoms with Crippen LogP contribution in [0.15, 0.2) is 54.7 Å². The predicted molar refractivity (Wildman–Crippen MR) is 136 cm³/mol. The fourth-order valence-electron chi connectivity index (χ4n) is 5.64. The van der Waals surface area contributed by atoms with E-state index in [-0.39, 0.29) is 23.9 Å². The van der Waals surface area contributed by atoms with Gasteiger partial charge < -0.3 is 14.7 Å². The van der Waals surface area contributed by atoms with Gasteiger partial charge >= 0.3 is 0 Å². The van der Waals surface area contributed by atoms with E-state index in [1.165, 1.54) is 5.56 Å². The SMILES string of the molecule is Cc1cc(N2CC(N(C)C(=O)c3ccc4c(c3)[C@H](N3Cc5cccc(Cl)c5C3=O)CC4)C2)ccn1. The highest BCUT2D eigenvalue weighted by Gasteiger charge is 2.38. The van der Waals surface area contributed by atoms with Gasteiger partial charge in [-0.3, -0.25) is 14.6 Å². The first-order chi connectivity index (χ1) is 16.9. The van der Waals surface area contributed by atoms with Crippen LogP contribution in [0.25, 0.3) is 0 Å². The van der Waals surface area contributed by atoms with E-state index >= 15 is 0 Å². The molecule has 0 spiro atoms. The number of aryl methyl sites for hydroxylation is 2. The number of rotatable bonds is 4. The number of nitrogens with zero attached hydrogens (tertiary/aromatic N) is 4. The van der Waals surface area contributed by atoms with Crippen LogP contribution in [0.2, 0.25) is 5.02 Å². The van der Waals surface area contributed by atoms with Crippen LogP contribution in [-0.4, -0.2) is 52.8 Å². The molecule has 6 nitrogen and oxygen atoms in total. The molecule has 1 saturated heterocycles. The molecule has 178 valence electrons. The monoisotopic (exact) mass is 486 g/mol. The maximum absolute atomic E-state index is 13.4. The smallest absolute Gasteiger partial charge is 0.256 e. The Bertz CT molecular complexity index is 1350. The average Bonchev–Trinajstić information content (AvgIpc) is 3.38. The zero-order valence-electron chi connectivity index (χ0n) is 19.9. The number of hydrogen-bond acceptors (Lipinski definition) is 4. The van der Waals surface area contributed by atoms with Gasteiger partial charge in [0.05, 0.1) is 22.7 Å². The molecule has 0 N–H and O–H groups in total. The zero-order valence-corrected chi connectivity index (χ0v) is 20.6. The number of hydrogen-bond donors (Lipinski definition) is 0. The zero-order chi connectivity index (χ0) is 24.3. The van der Waals surface area contributed by atoms with E-state index in [0.717, 1.165) is 48.4 Å². The van der Waals surface area contributed by atoms with Crippen LogP contribution in [0.1, 0.15) is 55.6 Å². The van der Waals surface area contributed by atoms with Gasteiger partial charge in [0.15, 0.2) is 0 Å². The molecule has 0 unspecified atom stereocenters. The summed E-state index contributed by atoms with van der Waals surface area (Å²) in [5.74, 6) is 0.00583. The number of anilines is 1. The molecule has 3 aliphatic rings. The summed E-state index contributed by atoms with van der Waals surface area (Å²) in [6, 6.07) is 15.8. The summed E-state index contributed by atoms with van der Waals surface area (Å²) >= 11 is 6.34. The van der Waals surface area contributed by atoms with Crippen molar-refractivity contribution in [3.05, 3.63) is 93.3 Å². The molecule has 2 aliphatic heterocycles. The maximum Gasteiger partial charge on any atom is 0.256 e. The van der Waals surface area contributed by atoms with Gasteiger partial charge in [-0.25, -0.2) is 0 Å². The number of halogens is 1. The van der Waals surface area contributed by atoms with Gasteiger partial charge in [0.2, 0.25) is 0 Å². The fraction of sp³-hybridized carbons (Fsp3) is 0.321. The highest BCUT2D eigenvalue weighted by molar-refractivity contribution is 6.34. The molecule has 0 radical (unpaired) electrons. The molecule has 3 heterocycles. The largest absolute Gasteiger partial charge is 0.367 e. The summed E-state index contributed by atoms with van der Waals surface area (Å²) in [6.45, 7) is 4.16. The van der Waals surface area contributed by atoms with Gasteiger partial charge in [-0.05, 0) is 66.8 Å². The van der Waals surface area contributed by atoms with Crippen molar-refractivity contribution in [3.8, 4) is 0 Å². The molecule has 35 heavy (non-hydrogen) atoms. The maximum atomic E-state index is 13.4. The van der Waals surface area contributed by atoms with Crippen LogP contribution < -0.4 is 4.90 Å². The van der Waals surface area contributed by atoms with Crippen LogP contribution in [0.3, 0.4) is 0 Å². The van der Waals surface area contributed by atoms with E-state index < -0.39 is 0 Å². The molecule has 6 rings (SSSR count). The number of amides is 2. The molecule has 1 aromatic heterocycles. The summed E-state index contributed by atoms with van der Waals surface area (Å²) in [6.07, 6.45) is 3.59. The Morgan fingerprint density at radius 3 is 2.71 bits per heavy atom. The summed E-state index contributed by atoms with van der Waals surface area (Å²) in [4.78, 5) is 36.9. The van der Waals surface area contributed by atoms with Crippen molar-refractivity contribution in [2.45, 2.75) is 38.4 Å². The lowest BCUT2D eigenvalue weighted by Crippen LogP contribution is -2.59. The topological polar surface area (TPSA) is 56.8 Å². The lowest BCUT2D eigenvalue weighted by Gasteiger charge is -2.45. The van der Waals surface area contributed by atoms with Gasteiger partial charge in [0, 0.05) is 49.8 Å². The molecule has 2 amide bonds. The van der Waals surface area contributed by atoms with E-state index in [0.29, 0.717) is 22.7 Å².